The van der Waals surface area contributed by atoms with Crippen LogP contribution in [0.15, 0.2) is 18.2 Å². The van der Waals surface area contributed by atoms with Crippen LogP contribution in [0.25, 0.3) is 0 Å². The number of aliphatic hydroxyl groups excluding tert-OH is 1. The second-order valence-electron chi connectivity index (χ2n) is 5.01. The number of carbonyl (C=O) groups is 2. The highest BCUT2D eigenvalue weighted by atomic mass is 35.5. The summed E-state index contributed by atoms with van der Waals surface area (Å²) in [5.41, 5.74) is 0.325. The number of amides is 2. The molecule has 0 aliphatic heterocycles. The zero-order chi connectivity index (χ0) is 15.4. The van der Waals surface area contributed by atoms with Gasteiger partial charge in [0.2, 0.25) is 0 Å². The molecular formula is C14H16Cl2N2O3. The van der Waals surface area contributed by atoms with Gasteiger partial charge in [-0.15, -0.1) is 0 Å². The highest BCUT2D eigenvalue weighted by molar-refractivity contribution is 6.42. The summed E-state index contributed by atoms with van der Waals surface area (Å²) in [7, 11) is 0. The number of hydrogen-bond donors (Lipinski definition) is 3. The molecule has 3 N–H and O–H groups in total. The van der Waals surface area contributed by atoms with Gasteiger partial charge in [-0.3, -0.25) is 9.59 Å². The van der Waals surface area contributed by atoms with Crippen LogP contribution in [0, 0.1) is 5.92 Å². The molecule has 1 aliphatic rings. The number of hydrogen-bond acceptors (Lipinski definition) is 3. The van der Waals surface area contributed by atoms with Crippen LogP contribution in [0.4, 0.5) is 5.69 Å². The SMILES string of the molecule is O=C(Nc1ccc(Cl)cc1Cl)C(=O)NC(CCO)C1CC1. The Morgan fingerprint density at radius 1 is 1.29 bits per heavy atom. The van der Waals surface area contributed by atoms with E-state index in [1.807, 2.05) is 0 Å². The van der Waals surface area contributed by atoms with Crippen LogP contribution in [0.3, 0.4) is 0 Å². The Labute approximate surface area is 132 Å². The third-order valence-electron chi connectivity index (χ3n) is 3.33. The molecule has 0 heterocycles. The van der Waals surface area contributed by atoms with Gasteiger partial charge in [0, 0.05) is 17.7 Å². The first-order chi connectivity index (χ1) is 10.0. The number of halogens is 2. The highest BCUT2D eigenvalue weighted by Gasteiger charge is 2.33. The van der Waals surface area contributed by atoms with E-state index in [4.69, 9.17) is 28.3 Å². The lowest BCUT2D eigenvalue weighted by molar-refractivity contribution is -0.136. The van der Waals surface area contributed by atoms with E-state index in [-0.39, 0.29) is 17.7 Å². The number of benzene rings is 1. The molecule has 1 saturated carbocycles. The molecule has 0 spiro atoms. The number of rotatable bonds is 5. The third kappa shape index (κ3) is 4.59. The average molecular weight is 331 g/mol. The first kappa shape index (κ1) is 16.1. The van der Waals surface area contributed by atoms with Gasteiger partial charge in [0.15, 0.2) is 0 Å². The lowest BCUT2D eigenvalue weighted by atomic mass is 10.1. The lowest BCUT2D eigenvalue weighted by Gasteiger charge is -2.16. The molecule has 1 unspecified atom stereocenters. The summed E-state index contributed by atoms with van der Waals surface area (Å²) in [6.07, 6.45) is 2.47. The van der Waals surface area contributed by atoms with Crippen molar-refractivity contribution >= 4 is 40.7 Å². The fourth-order valence-corrected chi connectivity index (χ4v) is 2.52. The second kappa shape index (κ2) is 7.11. The second-order valence-corrected chi connectivity index (χ2v) is 5.85. The van der Waals surface area contributed by atoms with Crippen LogP contribution >= 0.6 is 23.2 Å². The monoisotopic (exact) mass is 330 g/mol. The van der Waals surface area contributed by atoms with Crippen molar-refractivity contribution in [1.29, 1.82) is 0 Å². The largest absolute Gasteiger partial charge is 0.396 e. The van der Waals surface area contributed by atoms with E-state index >= 15 is 0 Å². The molecule has 5 nitrogen and oxygen atoms in total. The molecule has 0 saturated heterocycles. The highest BCUT2D eigenvalue weighted by Crippen LogP contribution is 2.33. The normalized spacial score (nSPS) is 15.4. The maximum atomic E-state index is 11.9. The predicted octanol–water partition coefficient (Wildman–Crippen LogP) is 2.21. The van der Waals surface area contributed by atoms with Crippen LogP contribution in [-0.2, 0) is 9.59 Å². The first-order valence-corrected chi connectivity index (χ1v) is 7.44. The molecule has 1 aromatic rings. The van der Waals surface area contributed by atoms with Gasteiger partial charge in [0.1, 0.15) is 0 Å². The van der Waals surface area contributed by atoms with Gasteiger partial charge >= 0.3 is 11.8 Å². The fraction of sp³-hybridized carbons (Fsp3) is 0.429. The minimum atomic E-state index is -0.789. The predicted molar refractivity (Wildman–Crippen MR) is 81.4 cm³/mol. The summed E-state index contributed by atoms with van der Waals surface area (Å²) in [5, 5.41) is 14.8. The van der Waals surface area contributed by atoms with Crippen LogP contribution < -0.4 is 10.6 Å². The van der Waals surface area contributed by atoms with E-state index < -0.39 is 11.8 Å². The lowest BCUT2D eigenvalue weighted by Crippen LogP contribution is -2.43. The Balaban J connectivity index is 1.94. The summed E-state index contributed by atoms with van der Waals surface area (Å²) in [6.45, 7) is -0.0217. The smallest absolute Gasteiger partial charge is 0.313 e. The van der Waals surface area contributed by atoms with E-state index in [9.17, 15) is 9.59 Å². The summed E-state index contributed by atoms with van der Waals surface area (Å²) in [5.74, 6) is -1.16. The summed E-state index contributed by atoms with van der Waals surface area (Å²) in [6, 6.07) is 4.42. The van der Waals surface area contributed by atoms with Crippen LogP contribution in [0.1, 0.15) is 19.3 Å². The van der Waals surface area contributed by atoms with Crippen molar-refractivity contribution in [3.8, 4) is 0 Å². The van der Waals surface area contributed by atoms with E-state index in [0.717, 1.165) is 12.8 Å². The molecule has 1 atom stereocenters. The zero-order valence-electron chi connectivity index (χ0n) is 11.2. The molecule has 0 radical (unpaired) electrons. The van der Waals surface area contributed by atoms with Crippen molar-refractivity contribution in [2.45, 2.75) is 25.3 Å². The Morgan fingerprint density at radius 2 is 2.00 bits per heavy atom. The number of nitrogens with one attached hydrogen (secondary N) is 2. The van der Waals surface area contributed by atoms with Crippen LogP contribution in [0.2, 0.25) is 10.0 Å². The molecule has 0 bridgehead atoms. The molecule has 2 rings (SSSR count). The maximum absolute atomic E-state index is 11.9. The molecule has 1 fully saturated rings. The van der Waals surface area contributed by atoms with Crippen molar-refractivity contribution < 1.29 is 14.7 Å². The van der Waals surface area contributed by atoms with E-state index in [0.29, 0.717) is 23.0 Å². The van der Waals surface area contributed by atoms with Crippen molar-refractivity contribution in [2.75, 3.05) is 11.9 Å². The number of carbonyl (C=O) groups excluding carboxylic acids is 2. The molecule has 7 heteroatoms. The van der Waals surface area contributed by atoms with Gasteiger partial charge in [0.25, 0.3) is 0 Å². The minimum Gasteiger partial charge on any atom is -0.396 e. The quantitative estimate of drug-likeness (QED) is 0.724. The van der Waals surface area contributed by atoms with Gasteiger partial charge in [-0.2, -0.15) is 0 Å². The van der Waals surface area contributed by atoms with E-state index in [1.54, 1.807) is 6.07 Å². The molecule has 0 aromatic heterocycles. The third-order valence-corrected chi connectivity index (χ3v) is 3.88. The topological polar surface area (TPSA) is 78.4 Å². The Kier molecular flexibility index (Phi) is 5.45. The van der Waals surface area contributed by atoms with E-state index in [1.165, 1.54) is 12.1 Å². The van der Waals surface area contributed by atoms with Gasteiger partial charge in [0.05, 0.1) is 10.7 Å². The summed E-state index contributed by atoms with van der Waals surface area (Å²) < 4.78 is 0. The fourth-order valence-electron chi connectivity index (χ4n) is 2.07. The van der Waals surface area contributed by atoms with Gasteiger partial charge in [-0.25, -0.2) is 0 Å². The van der Waals surface area contributed by atoms with Gasteiger partial charge in [-0.05, 0) is 43.4 Å². The van der Waals surface area contributed by atoms with Crippen molar-refractivity contribution in [2.24, 2.45) is 5.92 Å². The van der Waals surface area contributed by atoms with Crippen molar-refractivity contribution in [3.63, 3.8) is 0 Å². The Hall–Kier alpha value is -1.30. The zero-order valence-corrected chi connectivity index (χ0v) is 12.7. The van der Waals surface area contributed by atoms with E-state index in [2.05, 4.69) is 10.6 Å². The summed E-state index contributed by atoms with van der Waals surface area (Å²) >= 11 is 11.7. The van der Waals surface area contributed by atoms with Crippen LogP contribution in [0.5, 0.6) is 0 Å². The number of anilines is 1. The minimum absolute atomic E-state index is 0.0217. The van der Waals surface area contributed by atoms with Gasteiger partial charge in [-0.1, -0.05) is 23.2 Å². The molecule has 1 aliphatic carbocycles. The summed E-state index contributed by atoms with van der Waals surface area (Å²) in [4.78, 5) is 23.7. The maximum Gasteiger partial charge on any atom is 0.313 e. The molecule has 2 amide bonds. The molecule has 21 heavy (non-hydrogen) atoms. The molecular weight excluding hydrogens is 315 g/mol. The van der Waals surface area contributed by atoms with Crippen molar-refractivity contribution in [1.82, 2.24) is 5.32 Å². The van der Waals surface area contributed by atoms with Crippen molar-refractivity contribution in [3.05, 3.63) is 28.2 Å². The van der Waals surface area contributed by atoms with Crippen LogP contribution in [-0.4, -0.2) is 29.6 Å². The Morgan fingerprint density at radius 3 is 2.57 bits per heavy atom. The first-order valence-electron chi connectivity index (χ1n) is 6.69. The van der Waals surface area contributed by atoms with Gasteiger partial charge < -0.3 is 15.7 Å². The molecule has 1 aromatic carbocycles. The standard InChI is InChI=1S/C14H16Cl2N2O3/c15-9-3-4-12(10(16)7-9)18-14(21)13(20)17-11(5-6-19)8-1-2-8/h3-4,7-8,11,19H,1-2,5-6H2,(H,17,20)(H,18,21). The molecule has 114 valence electrons. The Bertz CT molecular complexity index is 547. The number of aliphatic hydroxyl groups is 1. The average Bonchev–Trinajstić information content (AvgIpc) is 3.25.